The fourth-order valence-electron chi connectivity index (χ4n) is 2.42. The van der Waals surface area contributed by atoms with Gasteiger partial charge in [0, 0.05) is 24.5 Å². The topological polar surface area (TPSA) is 52.6 Å². The van der Waals surface area contributed by atoms with Crippen LogP contribution in [0.4, 0.5) is 13.2 Å². The van der Waals surface area contributed by atoms with E-state index in [9.17, 15) is 22.8 Å². The summed E-state index contributed by atoms with van der Waals surface area (Å²) >= 11 is 0. The molecule has 0 heterocycles. The molecule has 0 aromatic heterocycles. The van der Waals surface area contributed by atoms with E-state index in [4.69, 9.17) is 9.47 Å². The second-order valence-corrected chi connectivity index (χ2v) is 6.36. The third kappa shape index (κ3) is 10.0. The van der Waals surface area contributed by atoms with Gasteiger partial charge in [-0.1, -0.05) is 39.0 Å². The predicted molar refractivity (Wildman–Crippen MR) is 94.3 cm³/mol. The van der Waals surface area contributed by atoms with Crippen molar-refractivity contribution in [1.29, 1.82) is 0 Å². The molecule has 1 aromatic rings. The standard InChI is InChI=1S/C20H27F3O4/c1-2-3-4-5-6-7-11-26-19(24)9-8-10-20(25)27-14-15-12-17(22)18(23)13-16(15)21/h12-13H,2-11,14H2,1H3. The molecule has 0 bridgehead atoms. The van der Waals surface area contributed by atoms with Gasteiger partial charge in [-0.15, -0.1) is 0 Å². The number of hydrogen-bond donors (Lipinski definition) is 0. The molecular weight excluding hydrogens is 361 g/mol. The Balaban J connectivity index is 2.11. The average molecular weight is 388 g/mol. The number of halogens is 3. The lowest BCUT2D eigenvalue weighted by molar-refractivity contribution is -0.146. The first-order chi connectivity index (χ1) is 12.9. The molecule has 1 aromatic carbocycles. The molecule has 0 N–H and O–H groups in total. The zero-order valence-corrected chi connectivity index (χ0v) is 15.7. The highest BCUT2D eigenvalue weighted by atomic mass is 19.2. The van der Waals surface area contributed by atoms with Crippen LogP contribution in [0.15, 0.2) is 12.1 Å². The normalized spacial score (nSPS) is 10.7. The number of rotatable bonds is 13. The minimum Gasteiger partial charge on any atom is -0.466 e. The van der Waals surface area contributed by atoms with Gasteiger partial charge in [0.2, 0.25) is 0 Å². The Labute approximate surface area is 158 Å². The van der Waals surface area contributed by atoms with Crippen LogP contribution in [-0.2, 0) is 25.7 Å². The Morgan fingerprint density at radius 1 is 0.778 bits per heavy atom. The van der Waals surface area contributed by atoms with Crippen molar-refractivity contribution in [1.82, 2.24) is 0 Å². The second kappa shape index (κ2) is 13.2. The summed E-state index contributed by atoms with van der Waals surface area (Å²) in [5.41, 5.74) is -0.249. The fraction of sp³-hybridized carbons (Fsp3) is 0.600. The second-order valence-electron chi connectivity index (χ2n) is 6.36. The Bertz CT molecular complexity index is 605. The highest BCUT2D eigenvalue weighted by molar-refractivity contribution is 5.72. The van der Waals surface area contributed by atoms with E-state index in [0.29, 0.717) is 18.7 Å². The Morgan fingerprint density at radius 3 is 2.07 bits per heavy atom. The van der Waals surface area contributed by atoms with E-state index in [1.165, 1.54) is 19.3 Å². The molecule has 0 radical (unpaired) electrons. The monoisotopic (exact) mass is 388 g/mol. The minimum absolute atomic E-state index is 0.0442. The van der Waals surface area contributed by atoms with E-state index in [-0.39, 0.29) is 30.8 Å². The van der Waals surface area contributed by atoms with E-state index in [1.54, 1.807) is 0 Å². The van der Waals surface area contributed by atoms with Gasteiger partial charge < -0.3 is 9.47 Å². The van der Waals surface area contributed by atoms with Crippen molar-refractivity contribution < 1.29 is 32.2 Å². The number of carbonyl (C=O) groups excluding carboxylic acids is 2. The van der Waals surface area contributed by atoms with Gasteiger partial charge >= 0.3 is 11.9 Å². The third-order valence-corrected chi connectivity index (χ3v) is 4.00. The van der Waals surface area contributed by atoms with Gasteiger partial charge in [0.25, 0.3) is 0 Å². The van der Waals surface area contributed by atoms with Crippen LogP contribution in [0.1, 0.15) is 70.3 Å². The number of unbranched alkanes of at least 4 members (excludes halogenated alkanes) is 5. The van der Waals surface area contributed by atoms with Crippen molar-refractivity contribution in [3.05, 3.63) is 35.1 Å². The summed E-state index contributed by atoms with van der Waals surface area (Å²) in [6.07, 6.45) is 6.89. The molecule has 0 saturated heterocycles. The lowest BCUT2D eigenvalue weighted by Crippen LogP contribution is -2.09. The average Bonchev–Trinajstić information content (AvgIpc) is 2.63. The van der Waals surface area contributed by atoms with Crippen LogP contribution in [0.5, 0.6) is 0 Å². The van der Waals surface area contributed by atoms with Crippen LogP contribution in [-0.4, -0.2) is 18.5 Å². The zero-order valence-electron chi connectivity index (χ0n) is 15.7. The van der Waals surface area contributed by atoms with E-state index in [2.05, 4.69) is 6.92 Å². The molecule has 1 rings (SSSR count). The molecule has 152 valence electrons. The van der Waals surface area contributed by atoms with Gasteiger partial charge in [0.1, 0.15) is 12.4 Å². The fourth-order valence-corrected chi connectivity index (χ4v) is 2.42. The molecule has 0 spiro atoms. The van der Waals surface area contributed by atoms with Gasteiger partial charge in [-0.05, 0) is 18.9 Å². The summed E-state index contributed by atoms with van der Waals surface area (Å²) in [6.45, 7) is 2.04. The first-order valence-electron chi connectivity index (χ1n) is 9.38. The molecule has 0 aliphatic heterocycles. The van der Waals surface area contributed by atoms with Crippen molar-refractivity contribution in [2.24, 2.45) is 0 Å². The highest BCUT2D eigenvalue weighted by Crippen LogP contribution is 2.15. The Kier molecular flexibility index (Phi) is 11.2. The number of carbonyl (C=O) groups is 2. The summed E-state index contributed by atoms with van der Waals surface area (Å²) in [5.74, 6) is -4.52. The van der Waals surface area contributed by atoms with Gasteiger partial charge in [-0.3, -0.25) is 9.59 Å². The summed E-state index contributed by atoms with van der Waals surface area (Å²) < 4.78 is 49.2. The van der Waals surface area contributed by atoms with Crippen molar-refractivity contribution in [3.8, 4) is 0 Å². The van der Waals surface area contributed by atoms with E-state index in [0.717, 1.165) is 19.3 Å². The summed E-state index contributed by atoms with van der Waals surface area (Å²) in [4.78, 5) is 23.1. The predicted octanol–water partition coefficient (Wildman–Crippen LogP) is 5.22. The highest BCUT2D eigenvalue weighted by Gasteiger charge is 2.12. The maximum Gasteiger partial charge on any atom is 0.306 e. The van der Waals surface area contributed by atoms with E-state index >= 15 is 0 Å². The van der Waals surface area contributed by atoms with Crippen LogP contribution in [0.2, 0.25) is 0 Å². The number of ether oxygens (including phenoxy) is 2. The summed E-state index contributed by atoms with van der Waals surface area (Å²) in [5, 5.41) is 0. The van der Waals surface area contributed by atoms with Crippen LogP contribution in [0.3, 0.4) is 0 Å². The first kappa shape index (κ1) is 23.0. The quantitative estimate of drug-likeness (QED) is 0.264. The van der Waals surface area contributed by atoms with Crippen LogP contribution in [0.25, 0.3) is 0 Å². The van der Waals surface area contributed by atoms with Crippen molar-refractivity contribution in [2.45, 2.75) is 71.3 Å². The summed E-state index contributed by atoms with van der Waals surface area (Å²) in [6, 6.07) is 1.05. The molecule has 0 atom stereocenters. The van der Waals surface area contributed by atoms with Gasteiger partial charge in [-0.25, -0.2) is 13.2 Å². The molecule has 0 saturated carbocycles. The lowest BCUT2D eigenvalue weighted by atomic mass is 10.1. The van der Waals surface area contributed by atoms with Crippen LogP contribution >= 0.6 is 0 Å². The van der Waals surface area contributed by atoms with E-state index in [1.807, 2.05) is 0 Å². The van der Waals surface area contributed by atoms with Crippen molar-refractivity contribution in [3.63, 3.8) is 0 Å². The molecule has 0 unspecified atom stereocenters. The smallest absolute Gasteiger partial charge is 0.306 e. The molecular formula is C20H27F3O4. The Morgan fingerprint density at radius 2 is 1.37 bits per heavy atom. The van der Waals surface area contributed by atoms with Crippen LogP contribution < -0.4 is 0 Å². The minimum atomic E-state index is -1.30. The molecule has 27 heavy (non-hydrogen) atoms. The number of hydrogen-bond acceptors (Lipinski definition) is 4. The SMILES string of the molecule is CCCCCCCCOC(=O)CCCC(=O)OCc1cc(F)c(F)cc1F. The first-order valence-corrected chi connectivity index (χ1v) is 9.38. The van der Waals surface area contributed by atoms with Gasteiger partial charge in [0.15, 0.2) is 11.6 Å². The molecule has 0 aliphatic carbocycles. The maximum atomic E-state index is 13.4. The Hall–Kier alpha value is -2.05. The third-order valence-electron chi connectivity index (χ3n) is 4.00. The zero-order chi connectivity index (χ0) is 20.1. The van der Waals surface area contributed by atoms with Gasteiger partial charge in [0.05, 0.1) is 6.61 Å². The number of esters is 2. The van der Waals surface area contributed by atoms with Crippen molar-refractivity contribution >= 4 is 11.9 Å². The maximum absolute atomic E-state index is 13.4. The van der Waals surface area contributed by atoms with Gasteiger partial charge in [-0.2, -0.15) is 0 Å². The number of benzene rings is 1. The lowest BCUT2D eigenvalue weighted by Gasteiger charge is -2.07. The summed E-state index contributed by atoms with van der Waals surface area (Å²) in [7, 11) is 0. The van der Waals surface area contributed by atoms with E-state index < -0.39 is 30.0 Å². The van der Waals surface area contributed by atoms with Crippen molar-refractivity contribution in [2.75, 3.05) is 6.61 Å². The molecule has 0 aliphatic rings. The van der Waals surface area contributed by atoms with Crippen LogP contribution in [0, 0.1) is 17.5 Å². The molecule has 7 heteroatoms. The largest absolute Gasteiger partial charge is 0.466 e. The molecule has 0 fully saturated rings. The molecule has 4 nitrogen and oxygen atoms in total. The molecule has 0 amide bonds.